The molecule has 1 rings (SSSR count). The predicted molar refractivity (Wildman–Crippen MR) is 47.6 cm³/mol. The lowest BCUT2D eigenvalue weighted by atomic mass is 9.95. The van der Waals surface area contributed by atoms with E-state index in [1.807, 2.05) is 6.07 Å². The third-order valence-electron chi connectivity index (χ3n) is 1.85. The Balaban J connectivity index is 3.03. The molecule has 1 aromatic carbocycles. The topological polar surface area (TPSA) is 40.5 Å². The van der Waals surface area contributed by atoms with Gasteiger partial charge in [-0.2, -0.15) is 0 Å². The van der Waals surface area contributed by atoms with Crippen LogP contribution in [0.2, 0.25) is 0 Å². The van der Waals surface area contributed by atoms with Gasteiger partial charge in [0.15, 0.2) is 0 Å². The van der Waals surface area contributed by atoms with Gasteiger partial charge in [0.1, 0.15) is 5.60 Å². The summed E-state index contributed by atoms with van der Waals surface area (Å²) in [5.41, 5.74) is -0.649. The van der Waals surface area contributed by atoms with Crippen LogP contribution < -0.4 is 0 Å². The van der Waals surface area contributed by atoms with E-state index in [1.54, 1.807) is 24.3 Å². The Hall–Kier alpha value is -1.12. The van der Waals surface area contributed by atoms with E-state index in [-0.39, 0.29) is 6.61 Å². The molecule has 0 unspecified atom stereocenters. The van der Waals surface area contributed by atoms with Crippen LogP contribution >= 0.6 is 0 Å². The molecule has 1 aromatic rings. The second-order valence-electron chi connectivity index (χ2n) is 2.65. The highest BCUT2D eigenvalue weighted by atomic mass is 16.3. The minimum Gasteiger partial charge on any atom is -0.393 e. The number of aliphatic hydroxyl groups is 2. The van der Waals surface area contributed by atoms with E-state index in [0.717, 1.165) is 0 Å². The zero-order valence-electron chi connectivity index (χ0n) is 6.77. The Kier molecular flexibility index (Phi) is 2.63. The molecule has 0 radical (unpaired) electrons. The lowest BCUT2D eigenvalue weighted by molar-refractivity contribution is 0.0245. The Labute approximate surface area is 71.8 Å². The van der Waals surface area contributed by atoms with Gasteiger partial charge in [0.25, 0.3) is 0 Å². The molecule has 0 fully saturated rings. The van der Waals surface area contributed by atoms with Crippen LogP contribution in [0.1, 0.15) is 5.56 Å². The maximum absolute atomic E-state index is 9.73. The maximum atomic E-state index is 9.73. The quantitative estimate of drug-likeness (QED) is 0.655. The first kappa shape index (κ1) is 8.97. The highest BCUT2D eigenvalue weighted by molar-refractivity contribution is 5.26. The summed E-state index contributed by atoms with van der Waals surface area (Å²) in [5, 5.41) is 18.6. The molecule has 64 valence electrons. The van der Waals surface area contributed by atoms with Crippen molar-refractivity contribution in [1.82, 2.24) is 0 Å². The van der Waals surface area contributed by atoms with Gasteiger partial charge >= 0.3 is 0 Å². The van der Waals surface area contributed by atoms with Crippen LogP contribution in [0.25, 0.3) is 0 Å². The fourth-order valence-electron chi connectivity index (χ4n) is 1.00. The lowest BCUT2D eigenvalue weighted by Crippen LogP contribution is -2.26. The molecule has 0 amide bonds. The number of rotatable bonds is 3. The van der Waals surface area contributed by atoms with Gasteiger partial charge in [0.05, 0.1) is 6.61 Å². The van der Waals surface area contributed by atoms with Crippen LogP contribution in [-0.2, 0) is 5.60 Å². The molecule has 2 heteroatoms. The van der Waals surface area contributed by atoms with Crippen LogP contribution in [0.4, 0.5) is 0 Å². The number of hydrogen-bond donors (Lipinski definition) is 2. The standard InChI is InChI=1S/C10H12O2/c1-2-10(12,8-11)9-6-4-3-5-7-9/h2-7,11-12H,1,8H2/t10-/m0/s1. The number of aliphatic hydroxyl groups excluding tert-OH is 1. The van der Waals surface area contributed by atoms with Gasteiger partial charge in [-0.3, -0.25) is 0 Å². The van der Waals surface area contributed by atoms with Crippen molar-refractivity contribution < 1.29 is 10.2 Å². The van der Waals surface area contributed by atoms with Crippen LogP contribution in [-0.4, -0.2) is 16.8 Å². The number of benzene rings is 1. The Morgan fingerprint density at radius 3 is 2.33 bits per heavy atom. The van der Waals surface area contributed by atoms with E-state index >= 15 is 0 Å². The van der Waals surface area contributed by atoms with Crippen molar-refractivity contribution in [2.24, 2.45) is 0 Å². The smallest absolute Gasteiger partial charge is 0.130 e. The van der Waals surface area contributed by atoms with Gasteiger partial charge in [-0.1, -0.05) is 43.0 Å². The zero-order valence-corrected chi connectivity index (χ0v) is 6.77. The van der Waals surface area contributed by atoms with Crippen molar-refractivity contribution in [1.29, 1.82) is 0 Å². The Bertz CT molecular complexity index is 256. The minimum absolute atomic E-state index is 0.347. The van der Waals surface area contributed by atoms with Crippen molar-refractivity contribution >= 4 is 0 Å². The summed E-state index contributed by atoms with van der Waals surface area (Å²) >= 11 is 0. The van der Waals surface area contributed by atoms with Crippen molar-refractivity contribution in [3.05, 3.63) is 48.6 Å². The summed E-state index contributed by atoms with van der Waals surface area (Å²) in [6.07, 6.45) is 1.34. The van der Waals surface area contributed by atoms with Crippen molar-refractivity contribution in [2.45, 2.75) is 5.60 Å². The predicted octanol–water partition coefficient (Wildman–Crippen LogP) is 1.05. The molecular weight excluding hydrogens is 152 g/mol. The van der Waals surface area contributed by atoms with Crippen LogP contribution in [0.15, 0.2) is 43.0 Å². The van der Waals surface area contributed by atoms with Gasteiger partial charge in [-0.15, -0.1) is 0 Å². The third kappa shape index (κ3) is 1.55. The Morgan fingerprint density at radius 1 is 1.33 bits per heavy atom. The molecule has 0 heterocycles. The van der Waals surface area contributed by atoms with Gasteiger partial charge in [-0.05, 0) is 5.56 Å². The Morgan fingerprint density at radius 2 is 1.92 bits per heavy atom. The summed E-state index contributed by atoms with van der Waals surface area (Å²) in [6, 6.07) is 8.96. The molecule has 0 saturated carbocycles. The number of hydrogen-bond acceptors (Lipinski definition) is 2. The highest BCUT2D eigenvalue weighted by Gasteiger charge is 2.23. The first-order chi connectivity index (χ1) is 5.73. The molecule has 0 aliphatic rings. The molecular formula is C10H12O2. The first-order valence-electron chi connectivity index (χ1n) is 3.75. The fraction of sp³-hybridized carbons (Fsp3) is 0.200. The molecule has 2 N–H and O–H groups in total. The maximum Gasteiger partial charge on any atom is 0.130 e. The molecule has 0 aromatic heterocycles. The second-order valence-corrected chi connectivity index (χ2v) is 2.65. The summed E-state index contributed by atoms with van der Waals surface area (Å²) in [4.78, 5) is 0. The SMILES string of the molecule is C=C[C@](O)(CO)c1ccccc1. The van der Waals surface area contributed by atoms with E-state index in [4.69, 9.17) is 5.11 Å². The summed E-state index contributed by atoms with van der Waals surface area (Å²) in [6.45, 7) is 3.12. The van der Waals surface area contributed by atoms with Crippen LogP contribution in [0.5, 0.6) is 0 Å². The molecule has 0 bridgehead atoms. The van der Waals surface area contributed by atoms with E-state index in [2.05, 4.69) is 6.58 Å². The van der Waals surface area contributed by atoms with Gasteiger partial charge < -0.3 is 10.2 Å². The monoisotopic (exact) mass is 164 g/mol. The van der Waals surface area contributed by atoms with Crippen molar-refractivity contribution in [2.75, 3.05) is 6.61 Å². The minimum atomic E-state index is -1.30. The molecule has 0 aliphatic carbocycles. The van der Waals surface area contributed by atoms with E-state index in [9.17, 15) is 5.11 Å². The molecule has 1 atom stereocenters. The van der Waals surface area contributed by atoms with E-state index in [0.29, 0.717) is 5.56 Å². The average molecular weight is 164 g/mol. The first-order valence-corrected chi connectivity index (χ1v) is 3.75. The highest BCUT2D eigenvalue weighted by Crippen LogP contribution is 2.20. The summed E-state index contributed by atoms with van der Waals surface area (Å²) in [5.74, 6) is 0. The van der Waals surface area contributed by atoms with Crippen LogP contribution in [0.3, 0.4) is 0 Å². The third-order valence-corrected chi connectivity index (χ3v) is 1.85. The molecule has 12 heavy (non-hydrogen) atoms. The fourth-order valence-corrected chi connectivity index (χ4v) is 1.00. The van der Waals surface area contributed by atoms with Gasteiger partial charge in [-0.25, -0.2) is 0 Å². The molecule has 0 spiro atoms. The lowest BCUT2D eigenvalue weighted by Gasteiger charge is -2.21. The second kappa shape index (κ2) is 3.52. The van der Waals surface area contributed by atoms with Gasteiger partial charge in [0, 0.05) is 0 Å². The average Bonchev–Trinajstić information content (AvgIpc) is 2.18. The van der Waals surface area contributed by atoms with Crippen molar-refractivity contribution in [3.8, 4) is 0 Å². The van der Waals surface area contributed by atoms with E-state index in [1.165, 1.54) is 6.08 Å². The molecule has 0 aliphatic heterocycles. The normalized spacial score (nSPS) is 15.2. The molecule has 2 nitrogen and oxygen atoms in total. The summed E-state index contributed by atoms with van der Waals surface area (Å²) in [7, 11) is 0. The zero-order chi connectivity index (χ0) is 9.03. The largest absolute Gasteiger partial charge is 0.393 e. The van der Waals surface area contributed by atoms with Gasteiger partial charge in [0.2, 0.25) is 0 Å². The van der Waals surface area contributed by atoms with Crippen LogP contribution in [0, 0.1) is 0 Å². The van der Waals surface area contributed by atoms with Crippen molar-refractivity contribution in [3.63, 3.8) is 0 Å². The molecule has 0 saturated heterocycles. The summed E-state index contributed by atoms with van der Waals surface area (Å²) < 4.78 is 0. The van der Waals surface area contributed by atoms with E-state index < -0.39 is 5.60 Å².